The molecule has 0 aromatic heterocycles. The molecule has 11 heavy (non-hydrogen) atoms. The summed E-state index contributed by atoms with van der Waals surface area (Å²) in [5.74, 6) is -2.69. The van der Waals surface area contributed by atoms with E-state index in [0.29, 0.717) is 19.5 Å². The minimum Gasteiger partial charge on any atom is -0.315 e. The normalized spacial score (nSPS) is 35.7. The molecule has 0 radical (unpaired) electrons. The average molecular weight is 184 g/mol. The molecule has 1 saturated heterocycles. The van der Waals surface area contributed by atoms with Crippen molar-refractivity contribution in [1.82, 2.24) is 5.32 Å². The second kappa shape index (κ2) is 2.30. The van der Waals surface area contributed by atoms with E-state index in [2.05, 4.69) is 5.32 Å². The number of hydrogen-bond acceptors (Lipinski definition) is 1. The minimum absolute atomic E-state index is 0. The third-order valence-corrected chi connectivity index (χ3v) is 2.97. The van der Waals surface area contributed by atoms with Crippen LogP contribution in [0, 0.1) is 11.3 Å². The number of rotatable bonds is 1. The van der Waals surface area contributed by atoms with E-state index in [1.807, 2.05) is 6.92 Å². The van der Waals surface area contributed by atoms with Gasteiger partial charge in [0.15, 0.2) is 0 Å². The third-order valence-electron chi connectivity index (χ3n) is 2.97. The van der Waals surface area contributed by atoms with Crippen molar-refractivity contribution in [3.05, 3.63) is 0 Å². The predicted molar refractivity (Wildman–Crippen MR) is 41.3 cm³/mol. The SMILES string of the molecule is CCC1C(F)(F)C12CNC2.Cl. The van der Waals surface area contributed by atoms with Crippen molar-refractivity contribution in [3.8, 4) is 0 Å². The van der Waals surface area contributed by atoms with Gasteiger partial charge in [0, 0.05) is 19.0 Å². The van der Waals surface area contributed by atoms with Crippen LogP contribution in [0.3, 0.4) is 0 Å². The van der Waals surface area contributed by atoms with Gasteiger partial charge >= 0.3 is 0 Å². The van der Waals surface area contributed by atoms with Crippen LogP contribution in [-0.4, -0.2) is 19.0 Å². The molecule has 1 spiro atoms. The Morgan fingerprint density at radius 3 is 2.09 bits per heavy atom. The van der Waals surface area contributed by atoms with E-state index in [0.717, 1.165) is 0 Å². The monoisotopic (exact) mass is 183 g/mol. The van der Waals surface area contributed by atoms with Crippen LogP contribution in [0.15, 0.2) is 0 Å². The van der Waals surface area contributed by atoms with E-state index in [9.17, 15) is 8.78 Å². The molecule has 0 aromatic rings. The van der Waals surface area contributed by atoms with E-state index in [4.69, 9.17) is 0 Å². The summed E-state index contributed by atoms with van der Waals surface area (Å²) < 4.78 is 25.7. The quantitative estimate of drug-likeness (QED) is 0.652. The molecule has 2 fully saturated rings. The fraction of sp³-hybridized carbons (Fsp3) is 1.00. The van der Waals surface area contributed by atoms with Crippen molar-refractivity contribution in [2.75, 3.05) is 13.1 Å². The number of alkyl halides is 2. The summed E-state index contributed by atoms with van der Waals surface area (Å²) in [4.78, 5) is 0. The first-order valence-electron chi connectivity index (χ1n) is 3.73. The van der Waals surface area contributed by atoms with Gasteiger partial charge in [-0.05, 0) is 6.42 Å². The fourth-order valence-electron chi connectivity index (χ4n) is 2.11. The highest BCUT2D eigenvalue weighted by Crippen LogP contribution is 2.69. The molecule has 2 rings (SSSR count). The molecule has 1 aliphatic carbocycles. The summed E-state index contributed by atoms with van der Waals surface area (Å²) in [5, 5.41) is 2.90. The lowest BCUT2D eigenvalue weighted by Gasteiger charge is -2.27. The first kappa shape index (κ1) is 9.20. The average Bonchev–Trinajstić information content (AvgIpc) is 2.25. The number of hydrogen-bond donors (Lipinski definition) is 1. The molecular formula is C7H12ClF2N. The lowest BCUT2D eigenvalue weighted by Crippen LogP contribution is -2.48. The summed E-state index contributed by atoms with van der Waals surface area (Å²) in [6.07, 6.45) is 0.620. The van der Waals surface area contributed by atoms with Gasteiger partial charge in [-0.1, -0.05) is 6.92 Å². The van der Waals surface area contributed by atoms with E-state index < -0.39 is 11.3 Å². The highest BCUT2D eigenvalue weighted by atomic mass is 35.5. The van der Waals surface area contributed by atoms with Crippen LogP contribution in [0.25, 0.3) is 0 Å². The first-order chi connectivity index (χ1) is 4.65. The maximum absolute atomic E-state index is 12.9. The second-order valence-corrected chi connectivity index (χ2v) is 3.34. The maximum Gasteiger partial charge on any atom is 0.260 e. The largest absolute Gasteiger partial charge is 0.315 e. The molecule has 1 atom stereocenters. The molecule has 1 N–H and O–H groups in total. The Balaban J connectivity index is 0.000000605. The Morgan fingerprint density at radius 1 is 1.45 bits per heavy atom. The minimum atomic E-state index is -2.35. The number of nitrogens with one attached hydrogen (secondary N) is 1. The predicted octanol–water partition coefficient (Wildman–Crippen LogP) is 1.67. The van der Waals surface area contributed by atoms with Crippen molar-refractivity contribution < 1.29 is 8.78 Å². The van der Waals surface area contributed by atoms with Crippen LogP contribution in [-0.2, 0) is 0 Å². The summed E-state index contributed by atoms with van der Waals surface area (Å²) in [6, 6.07) is 0. The molecule has 1 saturated carbocycles. The number of halogens is 3. The highest BCUT2D eigenvalue weighted by molar-refractivity contribution is 5.85. The Labute approximate surface area is 71.0 Å². The van der Waals surface area contributed by atoms with E-state index in [1.54, 1.807) is 0 Å². The summed E-state index contributed by atoms with van der Waals surface area (Å²) in [6.45, 7) is 2.89. The first-order valence-corrected chi connectivity index (χ1v) is 3.73. The highest BCUT2D eigenvalue weighted by Gasteiger charge is 2.81. The molecule has 0 bridgehead atoms. The second-order valence-electron chi connectivity index (χ2n) is 3.34. The summed E-state index contributed by atoms with van der Waals surface area (Å²) >= 11 is 0. The maximum atomic E-state index is 12.9. The fourth-order valence-corrected chi connectivity index (χ4v) is 2.11. The zero-order valence-electron chi connectivity index (χ0n) is 6.36. The van der Waals surface area contributed by atoms with E-state index >= 15 is 0 Å². The Hall–Kier alpha value is 0.110. The Bertz CT molecular complexity index is 168. The van der Waals surface area contributed by atoms with Crippen LogP contribution in [0.5, 0.6) is 0 Å². The Morgan fingerprint density at radius 2 is 2.00 bits per heavy atom. The van der Waals surface area contributed by atoms with Crippen molar-refractivity contribution >= 4 is 12.4 Å². The van der Waals surface area contributed by atoms with Gasteiger partial charge in [0.25, 0.3) is 5.92 Å². The smallest absolute Gasteiger partial charge is 0.260 e. The van der Waals surface area contributed by atoms with Gasteiger partial charge in [-0.15, -0.1) is 12.4 Å². The Kier molecular flexibility index (Phi) is 1.92. The van der Waals surface area contributed by atoms with Crippen molar-refractivity contribution in [2.45, 2.75) is 19.3 Å². The topological polar surface area (TPSA) is 12.0 Å². The third kappa shape index (κ3) is 0.785. The molecule has 1 unspecified atom stereocenters. The van der Waals surface area contributed by atoms with E-state index in [-0.39, 0.29) is 18.3 Å². The summed E-state index contributed by atoms with van der Waals surface area (Å²) in [5.41, 5.74) is -0.609. The van der Waals surface area contributed by atoms with Gasteiger partial charge in [-0.3, -0.25) is 0 Å². The molecule has 0 amide bonds. The van der Waals surface area contributed by atoms with Crippen molar-refractivity contribution in [3.63, 3.8) is 0 Å². The van der Waals surface area contributed by atoms with E-state index in [1.165, 1.54) is 0 Å². The van der Waals surface area contributed by atoms with Crippen LogP contribution >= 0.6 is 12.4 Å². The molecule has 1 nitrogen and oxygen atoms in total. The summed E-state index contributed by atoms with van der Waals surface area (Å²) in [7, 11) is 0. The molecule has 4 heteroatoms. The lowest BCUT2D eigenvalue weighted by atomic mass is 9.95. The molecule has 66 valence electrons. The van der Waals surface area contributed by atoms with Crippen LogP contribution < -0.4 is 5.32 Å². The zero-order chi connectivity index (χ0) is 7.41. The standard InChI is InChI=1S/C7H11F2N.ClH/c1-2-5-6(3-10-4-6)7(5,8)9;/h5,10H,2-4H2,1H3;1H. The van der Waals surface area contributed by atoms with Crippen LogP contribution in [0.4, 0.5) is 8.78 Å². The van der Waals surface area contributed by atoms with Crippen molar-refractivity contribution in [2.24, 2.45) is 11.3 Å². The van der Waals surface area contributed by atoms with Gasteiger partial charge < -0.3 is 5.32 Å². The molecular weight excluding hydrogens is 172 g/mol. The molecule has 2 aliphatic rings. The molecule has 1 heterocycles. The van der Waals surface area contributed by atoms with Gasteiger partial charge in [-0.2, -0.15) is 0 Å². The van der Waals surface area contributed by atoms with Crippen molar-refractivity contribution in [1.29, 1.82) is 0 Å². The van der Waals surface area contributed by atoms with Crippen LogP contribution in [0.1, 0.15) is 13.3 Å². The van der Waals surface area contributed by atoms with Gasteiger partial charge in [0.2, 0.25) is 0 Å². The molecule has 1 aliphatic heterocycles. The zero-order valence-corrected chi connectivity index (χ0v) is 7.18. The van der Waals surface area contributed by atoms with Gasteiger partial charge in [-0.25, -0.2) is 8.78 Å². The van der Waals surface area contributed by atoms with Gasteiger partial charge in [0.05, 0.1) is 5.41 Å². The lowest BCUT2D eigenvalue weighted by molar-refractivity contribution is 0.0382. The van der Waals surface area contributed by atoms with Crippen LogP contribution in [0.2, 0.25) is 0 Å². The van der Waals surface area contributed by atoms with Gasteiger partial charge in [0.1, 0.15) is 0 Å². The molecule has 0 aromatic carbocycles.